The van der Waals surface area contributed by atoms with Crippen molar-refractivity contribution in [3.05, 3.63) is 51.7 Å². The molecule has 0 aliphatic rings. The SMILES string of the molecule is COc1cccc(Cc2csc(CC=O)c2)c1. The van der Waals surface area contributed by atoms with Gasteiger partial charge in [0.05, 0.1) is 7.11 Å². The van der Waals surface area contributed by atoms with E-state index in [-0.39, 0.29) is 0 Å². The monoisotopic (exact) mass is 246 g/mol. The van der Waals surface area contributed by atoms with Crippen molar-refractivity contribution in [2.24, 2.45) is 0 Å². The van der Waals surface area contributed by atoms with Gasteiger partial charge in [0, 0.05) is 11.3 Å². The lowest BCUT2D eigenvalue weighted by molar-refractivity contribution is -0.107. The third-order valence-corrected chi connectivity index (χ3v) is 3.54. The van der Waals surface area contributed by atoms with E-state index >= 15 is 0 Å². The second-order valence-corrected chi connectivity index (χ2v) is 4.82. The lowest BCUT2D eigenvalue weighted by atomic mass is 10.1. The molecule has 1 heterocycles. The van der Waals surface area contributed by atoms with Crippen LogP contribution in [0.4, 0.5) is 0 Å². The molecule has 1 aromatic heterocycles. The first kappa shape index (κ1) is 11.9. The highest BCUT2D eigenvalue weighted by atomic mass is 32.1. The van der Waals surface area contributed by atoms with E-state index in [1.54, 1.807) is 18.4 Å². The zero-order valence-electron chi connectivity index (χ0n) is 9.68. The van der Waals surface area contributed by atoms with Gasteiger partial charge in [-0.05, 0) is 41.1 Å². The van der Waals surface area contributed by atoms with Gasteiger partial charge < -0.3 is 9.53 Å². The molecular weight excluding hydrogens is 232 g/mol. The highest BCUT2D eigenvalue weighted by molar-refractivity contribution is 7.10. The Bertz CT molecular complexity index is 502. The molecule has 0 aliphatic heterocycles. The van der Waals surface area contributed by atoms with Crippen LogP contribution in [0.15, 0.2) is 35.7 Å². The number of carbonyl (C=O) groups excluding carboxylic acids is 1. The molecule has 2 rings (SSSR count). The minimum Gasteiger partial charge on any atom is -0.497 e. The molecule has 0 unspecified atom stereocenters. The smallest absolute Gasteiger partial charge is 0.125 e. The number of aldehydes is 1. The Balaban J connectivity index is 2.10. The maximum absolute atomic E-state index is 10.4. The third kappa shape index (κ3) is 3.17. The Hall–Kier alpha value is -1.61. The first-order chi connectivity index (χ1) is 8.31. The van der Waals surface area contributed by atoms with Gasteiger partial charge >= 0.3 is 0 Å². The van der Waals surface area contributed by atoms with Gasteiger partial charge in [-0.3, -0.25) is 0 Å². The fourth-order valence-electron chi connectivity index (χ4n) is 1.73. The second kappa shape index (κ2) is 5.64. The summed E-state index contributed by atoms with van der Waals surface area (Å²) in [5.41, 5.74) is 2.47. The van der Waals surface area contributed by atoms with Crippen molar-refractivity contribution in [2.45, 2.75) is 12.8 Å². The summed E-state index contributed by atoms with van der Waals surface area (Å²) in [6, 6.07) is 10.1. The predicted octanol–water partition coefficient (Wildman–Crippen LogP) is 3.09. The van der Waals surface area contributed by atoms with Crippen LogP contribution >= 0.6 is 11.3 Å². The van der Waals surface area contributed by atoms with Crippen LogP contribution in [0.5, 0.6) is 5.75 Å². The summed E-state index contributed by atoms with van der Waals surface area (Å²) < 4.78 is 5.19. The number of thiophene rings is 1. The predicted molar refractivity (Wildman–Crippen MR) is 69.9 cm³/mol. The summed E-state index contributed by atoms with van der Waals surface area (Å²) >= 11 is 1.64. The number of hydrogen-bond donors (Lipinski definition) is 0. The van der Waals surface area contributed by atoms with E-state index in [0.717, 1.165) is 23.3 Å². The summed E-state index contributed by atoms with van der Waals surface area (Å²) in [6.07, 6.45) is 2.34. The van der Waals surface area contributed by atoms with Crippen LogP contribution in [0, 0.1) is 0 Å². The molecule has 0 amide bonds. The van der Waals surface area contributed by atoms with Crippen LogP contribution in [0.25, 0.3) is 0 Å². The minimum atomic E-state index is 0.517. The van der Waals surface area contributed by atoms with Crippen LogP contribution in [-0.4, -0.2) is 13.4 Å². The van der Waals surface area contributed by atoms with Crippen molar-refractivity contribution in [3.63, 3.8) is 0 Å². The molecule has 88 valence electrons. The van der Waals surface area contributed by atoms with E-state index < -0.39 is 0 Å². The molecule has 0 aliphatic carbocycles. The first-order valence-electron chi connectivity index (χ1n) is 5.44. The Morgan fingerprint density at radius 1 is 1.29 bits per heavy atom. The van der Waals surface area contributed by atoms with Crippen molar-refractivity contribution >= 4 is 17.6 Å². The Morgan fingerprint density at radius 3 is 2.94 bits per heavy atom. The van der Waals surface area contributed by atoms with Crippen molar-refractivity contribution in [1.82, 2.24) is 0 Å². The molecule has 0 N–H and O–H groups in total. The molecule has 0 saturated carbocycles. The van der Waals surface area contributed by atoms with E-state index in [1.165, 1.54) is 11.1 Å². The van der Waals surface area contributed by atoms with Gasteiger partial charge in [-0.2, -0.15) is 0 Å². The lowest BCUT2D eigenvalue weighted by Crippen LogP contribution is -1.88. The molecular formula is C14H14O2S. The molecule has 2 nitrogen and oxygen atoms in total. The number of benzene rings is 1. The number of methoxy groups -OCH3 is 1. The van der Waals surface area contributed by atoms with Crippen molar-refractivity contribution < 1.29 is 9.53 Å². The first-order valence-corrected chi connectivity index (χ1v) is 6.32. The molecule has 0 fully saturated rings. The highest BCUT2D eigenvalue weighted by Crippen LogP contribution is 2.20. The average Bonchev–Trinajstić information content (AvgIpc) is 2.77. The largest absolute Gasteiger partial charge is 0.497 e. The maximum Gasteiger partial charge on any atom is 0.125 e. The van der Waals surface area contributed by atoms with E-state index in [9.17, 15) is 4.79 Å². The maximum atomic E-state index is 10.4. The van der Waals surface area contributed by atoms with Gasteiger partial charge in [0.1, 0.15) is 12.0 Å². The normalized spacial score (nSPS) is 10.2. The molecule has 0 atom stereocenters. The number of hydrogen-bond acceptors (Lipinski definition) is 3. The molecule has 17 heavy (non-hydrogen) atoms. The van der Waals surface area contributed by atoms with Gasteiger partial charge in [-0.15, -0.1) is 11.3 Å². The van der Waals surface area contributed by atoms with Crippen LogP contribution in [0.1, 0.15) is 16.0 Å². The van der Waals surface area contributed by atoms with Gasteiger partial charge in [0.2, 0.25) is 0 Å². The van der Waals surface area contributed by atoms with Crippen molar-refractivity contribution in [2.75, 3.05) is 7.11 Å². The van der Waals surface area contributed by atoms with Gasteiger partial charge in [-0.25, -0.2) is 0 Å². The standard InChI is InChI=1S/C14H14O2S/c1-16-13-4-2-3-11(8-13)7-12-9-14(5-6-15)17-10-12/h2-4,6,8-10H,5,7H2,1H3. The van der Waals surface area contributed by atoms with Crippen LogP contribution in [-0.2, 0) is 17.6 Å². The summed E-state index contributed by atoms with van der Waals surface area (Å²) in [4.78, 5) is 11.5. The number of ether oxygens (including phenoxy) is 1. The van der Waals surface area contributed by atoms with Crippen LogP contribution in [0.2, 0.25) is 0 Å². The molecule has 0 spiro atoms. The summed E-state index contributed by atoms with van der Waals surface area (Å²) in [7, 11) is 1.67. The van der Waals surface area contributed by atoms with Crippen LogP contribution < -0.4 is 4.74 Å². The lowest BCUT2D eigenvalue weighted by Gasteiger charge is -2.02. The highest BCUT2D eigenvalue weighted by Gasteiger charge is 2.02. The quantitative estimate of drug-likeness (QED) is 0.758. The minimum absolute atomic E-state index is 0.517. The summed E-state index contributed by atoms with van der Waals surface area (Å²) in [5, 5.41) is 2.11. The van der Waals surface area contributed by atoms with E-state index in [4.69, 9.17) is 4.74 Å². The van der Waals surface area contributed by atoms with Gasteiger partial charge in [0.25, 0.3) is 0 Å². The van der Waals surface area contributed by atoms with E-state index in [2.05, 4.69) is 17.5 Å². The summed E-state index contributed by atoms with van der Waals surface area (Å²) in [5.74, 6) is 0.880. The molecule has 0 radical (unpaired) electrons. The van der Waals surface area contributed by atoms with Gasteiger partial charge in [-0.1, -0.05) is 12.1 Å². The molecule has 1 aromatic carbocycles. The molecule has 3 heteroatoms. The van der Waals surface area contributed by atoms with Gasteiger partial charge in [0.15, 0.2) is 0 Å². The second-order valence-electron chi connectivity index (χ2n) is 3.82. The van der Waals surface area contributed by atoms with E-state index in [0.29, 0.717) is 6.42 Å². The summed E-state index contributed by atoms with van der Waals surface area (Å²) in [6.45, 7) is 0. The average molecular weight is 246 g/mol. The Morgan fingerprint density at radius 2 is 2.18 bits per heavy atom. The third-order valence-electron chi connectivity index (χ3n) is 2.53. The van der Waals surface area contributed by atoms with Crippen LogP contribution in [0.3, 0.4) is 0 Å². The molecule has 0 saturated heterocycles. The van der Waals surface area contributed by atoms with Crippen molar-refractivity contribution in [3.8, 4) is 5.75 Å². The van der Waals surface area contributed by atoms with E-state index in [1.807, 2.05) is 18.2 Å². The topological polar surface area (TPSA) is 26.3 Å². The Kier molecular flexibility index (Phi) is 3.94. The molecule has 2 aromatic rings. The molecule has 0 bridgehead atoms. The zero-order valence-corrected chi connectivity index (χ0v) is 10.5. The zero-order chi connectivity index (χ0) is 12.1. The van der Waals surface area contributed by atoms with Crippen molar-refractivity contribution in [1.29, 1.82) is 0 Å². The number of carbonyl (C=O) groups is 1. The number of rotatable bonds is 5. The Labute approximate surface area is 105 Å². The fraction of sp³-hybridized carbons (Fsp3) is 0.214. The fourth-order valence-corrected chi connectivity index (χ4v) is 2.56.